The lowest BCUT2D eigenvalue weighted by Gasteiger charge is -2.18. The Balaban J connectivity index is 4.42. The van der Waals surface area contributed by atoms with E-state index in [0.29, 0.717) is 19.3 Å². The largest absolute Gasteiger partial charge is 0.462 e. The fourth-order valence-electron chi connectivity index (χ4n) is 9.09. The monoisotopic (exact) mass is 1040 g/mol. The van der Waals surface area contributed by atoms with Gasteiger partial charge in [0.1, 0.15) is 13.2 Å². The summed E-state index contributed by atoms with van der Waals surface area (Å²) in [5, 5.41) is 0. The van der Waals surface area contributed by atoms with Crippen LogP contribution in [0.3, 0.4) is 0 Å². The second-order valence-corrected chi connectivity index (χ2v) is 21.3. The Morgan fingerprint density at radius 3 is 0.853 bits per heavy atom. The number of carbonyl (C=O) groups is 3. The van der Waals surface area contributed by atoms with Crippen LogP contribution in [-0.2, 0) is 28.6 Å². The predicted molar refractivity (Wildman–Crippen MR) is 325 cm³/mol. The van der Waals surface area contributed by atoms with Gasteiger partial charge in [0.2, 0.25) is 0 Å². The molecular formula is C69H120O6. The molecule has 0 fully saturated rings. The summed E-state index contributed by atoms with van der Waals surface area (Å²) in [4.78, 5) is 38.3. The molecule has 6 heteroatoms. The van der Waals surface area contributed by atoms with Crippen LogP contribution < -0.4 is 0 Å². The zero-order valence-corrected chi connectivity index (χ0v) is 49.6. The molecule has 0 bridgehead atoms. The maximum atomic E-state index is 12.9. The summed E-state index contributed by atoms with van der Waals surface area (Å²) < 4.78 is 16.9. The normalized spacial score (nSPS) is 12.6. The number of unbranched alkanes of at least 4 members (excludes halogenated alkanes) is 33. The molecule has 0 rings (SSSR count). The van der Waals surface area contributed by atoms with Crippen molar-refractivity contribution in [1.82, 2.24) is 0 Å². The Bertz CT molecular complexity index is 1430. The van der Waals surface area contributed by atoms with Crippen molar-refractivity contribution in [3.05, 3.63) is 85.1 Å². The summed E-state index contributed by atoms with van der Waals surface area (Å²) in [5.74, 6) is -0.909. The van der Waals surface area contributed by atoms with Gasteiger partial charge in [0.15, 0.2) is 6.10 Å². The maximum absolute atomic E-state index is 12.9. The van der Waals surface area contributed by atoms with E-state index >= 15 is 0 Å². The first kappa shape index (κ1) is 71.6. The Hall–Kier alpha value is -3.41. The summed E-state index contributed by atoms with van der Waals surface area (Å²) in [6.45, 7) is 6.51. The molecule has 0 aromatic rings. The highest BCUT2D eigenvalue weighted by atomic mass is 16.6. The molecule has 1 atom stereocenters. The van der Waals surface area contributed by atoms with Crippen LogP contribution in [0.1, 0.15) is 316 Å². The van der Waals surface area contributed by atoms with Crippen LogP contribution in [0.15, 0.2) is 85.1 Å². The number of ether oxygens (including phenoxy) is 3. The van der Waals surface area contributed by atoms with Crippen LogP contribution in [0.4, 0.5) is 0 Å². The van der Waals surface area contributed by atoms with Gasteiger partial charge in [-0.2, -0.15) is 0 Å². The van der Waals surface area contributed by atoms with E-state index in [1.165, 1.54) is 173 Å². The van der Waals surface area contributed by atoms with Gasteiger partial charge in [0, 0.05) is 19.3 Å². The van der Waals surface area contributed by atoms with Crippen molar-refractivity contribution in [3.8, 4) is 0 Å². The van der Waals surface area contributed by atoms with E-state index in [9.17, 15) is 14.4 Å². The SMILES string of the molecule is CC/C=C\C/C=C\C/C=C\C/C=C\C/C=C\CCCCCC(=O)OC[C@H](COC(=O)CCCCCCCCCCCCCCCCCCCCC)OC(=O)CCCCCCCCCCC/C=C\C/C=C\CCCCC. The summed E-state index contributed by atoms with van der Waals surface area (Å²) in [6, 6.07) is 0. The number of esters is 3. The number of allylic oxidation sites excluding steroid dienone is 14. The van der Waals surface area contributed by atoms with Gasteiger partial charge in [-0.1, -0.05) is 286 Å². The van der Waals surface area contributed by atoms with Crippen LogP contribution in [0.5, 0.6) is 0 Å². The van der Waals surface area contributed by atoms with E-state index < -0.39 is 6.10 Å². The van der Waals surface area contributed by atoms with Crippen LogP contribution in [0.2, 0.25) is 0 Å². The third-order valence-corrected chi connectivity index (χ3v) is 13.9. The molecule has 0 heterocycles. The van der Waals surface area contributed by atoms with Crippen molar-refractivity contribution in [2.45, 2.75) is 322 Å². The van der Waals surface area contributed by atoms with E-state index in [2.05, 4.69) is 106 Å². The van der Waals surface area contributed by atoms with Crippen molar-refractivity contribution >= 4 is 17.9 Å². The van der Waals surface area contributed by atoms with Crippen LogP contribution in [0, 0.1) is 0 Å². The zero-order valence-electron chi connectivity index (χ0n) is 49.6. The Kier molecular flexibility index (Phi) is 60.3. The second kappa shape index (κ2) is 63.1. The first-order valence-corrected chi connectivity index (χ1v) is 32.1. The molecule has 0 aromatic heterocycles. The van der Waals surface area contributed by atoms with Gasteiger partial charge < -0.3 is 14.2 Å². The smallest absolute Gasteiger partial charge is 0.306 e. The lowest BCUT2D eigenvalue weighted by Crippen LogP contribution is -2.30. The number of hydrogen-bond acceptors (Lipinski definition) is 6. The molecule has 0 aliphatic heterocycles. The number of hydrogen-bond donors (Lipinski definition) is 0. The van der Waals surface area contributed by atoms with Crippen molar-refractivity contribution in [1.29, 1.82) is 0 Å². The average molecular weight is 1050 g/mol. The minimum absolute atomic E-state index is 0.0863. The molecule has 0 saturated carbocycles. The standard InChI is InChI=1S/C69H120O6/c1-4-7-10-13-16-19-22-25-28-31-34-37-40-43-46-49-52-55-58-61-67(70)73-64-66(75-69(72)63-60-57-54-51-48-45-42-39-36-33-30-27-24-21-18-15-12-9-6-3)65-74-68(71)62-59-56-53-50-47-44-41-38-35-32-29-26-23-20-17-14-11-8-5-2/h7,10,16,18-19,21,25,27-28,30,34,37,43,46,66H,4-6,8-9,11-15,17,20,22-24,26,29,31-33,35-36,38-42,44-45,47-65H2,1-3H3/b10-7-,19-16-,21-18-,28-25-,30-27-,37-34-,46-43-/t66-/m1/s1. The molecule has 0 spiro atoms. The highest BCUT2D eigenvalue weighted by Gasteiger charge is 2.19. The minimum atomic E-state index is -0.793. The fraction of sp³-hybridized carbons (Fsp3) is 0.754. The summed E-state index contributed by atoms with van der Waals surface area (Å²) in [5.41, 5.74) is 0. The van der Waals surface area contributed by atoms with Gasteiger partial charge in [-0.05, 0) is 96.3 Å². The summed E-state index contributed by atoms with van der Waals surface area (Å²) in [7, 11) is 0. The molecule has 0 radical (unpaired) electrons. The fourth-order valence-corrected chi connectivity index (χ4v) is 9.09. The Morgan fingerprint density at radius 1 is 0.280 bits per heavy atom. The molecule has 0 saturated heterocycles. The lowest BCUT2D eigenvalue weighted by molar-refractivity contribution is -0.167. The summed E-state index contributed by atoms with van der Waals surface area (Å²) >= 11 is 0. The van der Waals surface area contributed by atoms with Crippen LogP contribution >= 0.6 is 0 Å². The van der Waals surface area contributed by atoms with Crippen molar-refractivity contribution in [2.24, 2.45) is 0 Å². The van der Waals surface area contributed by atoms with E-state index in [0.717, 1.165) is 103 Å². The maximum Gasteiger partial charge on any atom is 0.306 e. The number of rotatable bonds is 58. The molecular weight excluding hydrogens is 925 g/mol. The molecule has 0 amide bonds. The van der Waals surface area contributed by atoms with Crippen LogP contribution in [0.25, 0.3) is 0 Å². The predicted octanol–water partition coefficient (Wildman–Crippen LogP) is 21.9. The zero-order chi connectivity index (χ0) is 54.3. The average Bonchev–Trinajstić information content (AvgIpc) is 3.41. The third-order valence-electron chi connectivity index (χ3n) is 13.9. The van der Waals surface area contributed by atoms with Gasteiger partial charge in [-0.15, -0.1) is 0 Å². The van der Waals surface area contributed by atoms with Gasteiger partial charge in [-0.25, -0.2) is 0 Å². The highest BCUT2D eigenvalue weighted by Crippen LogP contribution is 2.17. The van der Waals surface area contributed by atoms with Crippen molar-refractivity contribution in [3.63, 3.8) is 0 Å². The van der Waals surface area contributed by atoms with E-state index in [1.54, 1.807) is 0 Å². The lowest BCUT2D eigenvalue weighted by atomic mass is 10.0. The van der Waals surface area contributed by atoms with E-state index in [4.69, 9.17) is 14.2 Å². The molecule has 6 nitrogen and oxygen atoms in total. The molecule has 432 valence electrons. The second-order valence-electron chi connectivity index (χ2n) is 21.3. The van der Waals surface area contributed by atoms with Crippen molar-refractivity contribution < 1.29 is 28.6 Å². The molecule has 0 aliphatic rings. The van der Waals surface area contributed by atoms with Gasteiger partial charge in [0.05, 0.1) is 0 Å². The molecule has 75 heavy (non-hydrogen) atoms. The van der Waals surface area contributed by atoms with Gasteiger partial charge >= 0.3 is 17.9 Å². The quantitative estimate of drug-likeness (QED) is 0.0261. The highest BCUT2D eigenvalue weighted by molar-refractivity contribution is 5.71. The third kappa shape index (κ3) is 61.3. The number of carbonyl (C=O) groups excluding carboxylic acids is 3. The summed E-state index contributed by atoms with van der Waals surface area (Å²) in [6.07, 6.45) is 83.0. The van der Waals surface area contributed by atoms with Gasteiger partial charge in [-0.3, -0.25) is 14.4 Å². The topological polar surface area (TPSA) is 78.9 Å². The minimum Gasteiger partial charge on any atom is -0.462 e. The van der Waals surface area contributed by atoms with E-state index in [1.807, 2.05) is 0 Å². The molecule has 0 N–H and O–H groups in total. The van der Waals surface area contributed by atoms with E-state index in [-0.39, 0.29) is 31.1 Å². The first-order valence-electron chi connectivity index (χ1n) is 32.1. The van der Waals surface area contributed by atoms with Crippen molar-refractivity contribution in [2.75, 3.05) is 13.2 Å². The molecule has 0 unspecified atom stereocenters. The molecule has 0 aliphatic carbocycles. The van der Waals surface area contributed by atoms with Gasteiger partial charge in [0.25, 0.3) is 0 Å². The Labute approximate surface area is 465 Å². The van der Waals surface area contributed by atoms with Crippen LogP contribution in [-0.4, -0.2) is 37.2 Å². The Morgan fingerprint density at radius 2 is 0.520 bits per heavy atom. The first-order chi connectivity index (χ1) is 37.0. The molecule has 0 aromatic carbocycles.